The maximum Gasteiger partial charge on any atom is 0.335 e. The Morgan fingerprint density at radius 1 is 1.06 bits per heavy atom. The molecule has 0 fully saturated rings. The fourth-order valence-corrected chi connectivity index (χ4v) is 5.29. The van der Waals surface area contributed by atoms with Gasteiger partial charge in [0.1, 0.15) is 17.7 Å². The molecule has 1 aliphatic rings. The Morgan fingerprint density at radius 2 is 1.80 bits per heavy atom. The number of fused-ring (bicyclic) bond motifs is 2. The topological polar surface area (TPSA) is 58.6 Å². The van der Waals surface area contributed by atoms with E-state index in [1.807, 2.05) is 36.4 Å². The molecule has 4 aromatic carbocycles. The summed E-state index contributed by atoms with van der Waals surface area (Å²) in [7, 11) is 0. The van der Waals surface area contributed by atoms with Crippen molar-refractivity contribution in [2.75, 3.05) is 6.54 Å². The van der Waals surface area contributed by atoms with E-state index in [4.69, 9.17) is 4.74 Å². The number of ether oxygens (including phenoxy) is 1. The molecule has 0 aromatic heterocycles. The van der Waals surface area contributed by atoms with Crippen LogP contribution in [0.3, 0.4) is 0 Å². The van der Waals surface area contributed by atoms with Crippen molar-refractivity contribution in [1.29, 1.82) is 0 Å². The molecule has 2 N–H and O–H groups in total. The van der Waals surface area contributed by atoms with Crippen molar-refractivity contribution in [3.63, 3.8) is 0 Å². The van der Waals surface area contributed by atoms with Crippen molar-refractivity contribution >= 4 is 16.7 Å². The molecule has 0 saturated carbocycles. The molecule has 4 nitrogen and oxygen atoms in total. The summed E-state index contributed by atoms with van der Waals surface area (Å²) in [6.45, 7) is 4.40. The van der Waals surface area contributed by atoms with Crippen LogP contribution in [-0.2, 0) is 0 Å². The SMILES string of the molecule is Cc1c(C(=O)O)ccc(F)c1[C@@H]1C[C@H](CNC(C)c2cccc3ccccc23)Oc2ccccc21. The summed E-state index contributed by atoms with van der Waals surface area (Å²) >= 11 is 0. The van der Waals surface area contributed by atoms with Gasteiger partial charge in [-0.1, -0.05) is 60.7 Å². The van der Waals surface area contributed by atoms with Gasteiger partial charge in [0.05, 0.1) is 5.56 Å². The van der Waals surface area contributed by atoms with Gasteiger partial charge in [-0.3, -0.25) is 0 Å². The molecule has 0 radical (unpaired) electrons. The number of carboxylic acids is 1. The molecule has 0 spiro atoms. The molecule has 1 aliphatic heterocycles. The average Bonchev–Trinajstić information content (AvgIpc) is 2.86. The van der Waals surface area contributed by atoms with Crippen LogP contribution in [0.2, 0.25) is 0 Å². The molecule has 4 aromatic rings. The molecule has 5 heteroatoms. The Kier molecular flexibility index (Phi) is 6.27. The van der Waals surface area contributed by atoms with E-state index in [1.54, 1.807) is 6.92 Å². The second-order valence-electron chi connectivity index (χ2n) is 9.20. The summed E-state index contributed by atoms with van der Waals surface area (Å²) in [4.78, 5) is 11.7. The summed E-state index contributed by atoms with van der Waals surface area (Å²) in [6, 6.07) is 25.0. The molecule has 35 heavy (non-hydrogen) atoms. The first-order valence-electron chi connectivity index (χ1n) is 11.9. The lowest BCUT2D eigenvalue weighted by Gasteiger charge is -2.34. The van der Waals surface area contributed by atoms with Gasteiger partial charge in [-0.2, -0.15) is 0 Å². The van der Waals surface area contributed by atoms with Gasteiger partial charge in [0.25, 0.3) is 0 Å². The number of carboxylic acid groups (broad SMARTS) is 1. The largest absolute Gasteiger partial charge is 0.489 e. The number of halogens is 1. The predicted octanol–water partition coefficient (Wildman–Crippen LogP) is 6.62. The number of benzene rings is 4. The number of rotatable bonds is 6. The molecule has 0 aliphatic carbocycles. The molecule has 0 bridgehead atoms. The van der Waals surface area contributed by atoms with Crippen LogP contribution in [0.4, 0.5) is 4.39 Å². The maximum atomic E-state index is 15.1. The highest BCUT2D eigenvalue weighted by molar-refractivity contribution is 5.90. The van der Waals surface area contributed by atoms with E-state index in [0.717, 1.165) is 5.56 Å². The Bertz CT molecular complexity index is 1390. The van der Waals surface area contributed by atoms with Gasteiger partial charge in [-0.15, -0.1) is 0 Å². The third kappa shape index (κ3) is 4.40. The number of aromatic carboxylic acids is 1. The van der Waals surface area contributed by atoms with Crippen molar-refractivity contribution in [2.45, 2.75) is 38.3 Å². The summed E-state index contributed by atoms with van der Waals surface area (Å²) in [5.74, 6) is -1.01. The molecular formula is C30H28FNO3. The molecular weight excluding hydrogens is 441 g/mol. The van der Waals surface area contributed by atoms with Gasteiger partial charge in [-0.25, -0.2) is 9.18 Å². The van der Waals surface area contributed by atoms with E-state index < -0.39 is 5.97 Å². The van der Waals surface area contributed by atoms with Crippen LogP contribution in [0.25, 0.3) is 10.8 Å². The lowest BCUT2D eigenvalue weighted by Crippen LogP contribution is -2.37. The van der Waals surface area contributed by atoms with E-state index in [0.29, 0.717) is 29.8 Å². The number of carbonyl (C=O) groups is 1. The first kappa shape index (κ1) is 23.1. The van der Waals surface area contributed by atoms with Crippen molar-refractivity contribution in [1.82, 2.24) is 5.32 Å². The van der Waals surface area contributed by atoms with Crippen molar-refractivity contribution in [3.8, 4) is 5.75 Å². The van der Waals surface area contributed by atoms with E-state index >= 15 is 4.39 Å². The first-order valence-corrected chi connectivity index (χ1v) is 11.9. The van der Waals surface area contributed by atoms with E-state index in [9.17, 15) is 9.90 Å². The predicted molar refractivity (Wildman–Crippen MR) is 136 cm³/mol. The summed E-state index contributed by atoms with van der Waals surface area (Å²) in [6.07, 6.45) is 0.354. The van der Waals surface area contributed by atoms with Crippen LogP contribution < -0.4 is 10.1 Å². The summed E-state index contributed by atoms with van der Waals surface area (Å²) < 4.78 is 21.4. The normalized spacial score (nSPS) is 18.0. The molecule has 0 saturated heterocycles. The molecule has 1 unspecified atom stereocenters. The monoisotopic (exact) mass is 469 g/mol. The van der Waals surface area contributed by atoms with Crippen LogP contribution in [0, 0.1) is 12.7 Å². The fraction of sp³-hybridized carbons (Fsp3) is 0.233. The van der Waals surface area contributed by atoms with Gasteiger partial charge in [0.2, 0.25) is 0 Å². The number of hydrogen-bond donors (Lipinski definition) is 2. The Morgan fingerprint density at radius 3 is 2.63 bits per heavy atom. The minimum absolute atomic E-state index is 0.0918. The number of para-hydroxylation sites is 1. The second-order valence-corrected chi connectivity index (χ2v) is 9.20. The van der Waals surface area contributed by atoms with Gasteiger partial charge < -0.3 is 15.2 Å². The van der Waals surface area contributed by atoms with Crippen molar-refractivity contribution in [2.24, 2.45) is 0 Å². The average molecular weight is 470 g/mol. The quantitative estimate of drug-likeness (QED) is 0.333. The fourth-order valence-electron chi connectivity index (χ4n) is 5.29. The molecule has 1 heterocycles. The first-order chi connectivity index (χ1) is 16.9. The maximum absolute atomic E-state index is 15.1. The van der Waals surface area contributed by atoms with E-state index in [1.165, 1.54) is 28.5 Å². The van der Waals surface area contributed by atoms with Crippen LogP contribution in [-0.4, -0.2) is 23.7 Å². The number of nitrogens with one attached hydrogen (secondary N) is 1. The third-order valence-corrected chi connectivity index (χ3v) is 7.07. The minimum Gasteiger partial charge on any atom is -0.489 e. The summed E-state index contributed by atoms with van der Waals surface area (Å²) in [5.41, 5.74) is 3.13. The Balaban J connectivity index is 1.43. The van der Waals surface area contributed by atoms with Crippen LogP contribution in [0.1, 0.15) is 57.9 Å². The molecule has 3 atom stereocenters. The van der Waals surface area contributed by atoms with Gasteiger partial charge in [0.15, 0.2) is 0 Å². The van der Waals surface area contributed by atoms with Crippen LogP contribution >= 0.6 is 0 Å². The zero-order valence-electron chi connectivity index (χ0n) is 19.8. The molecule has 0 amide bonds. The highest BCUT2D eigenvalue weighted by atomic mass is 19.1. The van der Waals surface area contributed by atoms with E-state index in [-0.39, 0.29) is 29.4 Å². The minimum atomic E-state index is -1.05. The number of hydrogen-bond acceptors (Lipinski definition) is 3. The second kappa shape index (κ2) is 9.51. The lowest BCUT2D eigenvalue weighted by atomic mass is 9.81. The van der Waals surface area contributed by atoms with E-state index in [2.05, 4.69) is 42.6 Å². The van der Waals surface area contributed by atoms with Gasteiger partial charge in [0, 0.05) is 24.1 Å². The third-order valence-electron chi connectivity index (χ3n) is 7.07. The zero-order chi connectivity index (χ0) is 24.5. The van der Waals surface area contributed by atoms with Crippen LogP contribution in [0.15, 0.2) is 78.9 Å². The zero-order valence-corrected chi connectivity index (χ0v) is 19.8. The Labute approximate surface area is 204 Å². The van der Waals surface area contributed by atoms with Crippen LogP contribution in [0.5, 0.6) is 5.75 Å². The highest BCUT2D eigenvalue weighted by Crippen LogP contribution is 2.43. The Hall–Kier alpha value is -3.70. The highest BCUT2D eigenvalue weighted by Gasteiger charge is 2.33. The van der Waals surface area contributed by atoms with Crippen molar-refractivity contribution < 1.29 is 19.0 Å². The summed E-state index contributed by atoms with van der Waals surface area (Å²) in [5, 5.41) is 15.6. The van der Waals surface area contributed by atoms with Gasteiger partial charge in [-0.05, 0) is 65.9 Å². The van der Waals surface area contributed by atoms with Gasteiger partial charge >= 0.3 is 5.97 Å². The lowest BCUT2D eigenvalue weighted by molar-refractivity contribution is 0.0696. The standard InChI is InChI=1S/C30H28FNO3/c1-18-22(30(33)34)14-15-27(31)29(18)26-16-21(35-28-13-6-5-11-25(26)28)17-32-19(2)23-12-7-9-20-8-3-4-10-24(20)23/h3-15,19,21,26,32H,16-17H2,1-2H3,(H,33,34)/t19?,21-,26-/m1/s1. The smallest absolute Gasteiger partial charge is 0.335 e. The van der Waals surface area contributed by atoms with Crippen molar-refractivity contribution in [3.05, 3.63) is 112 Å². The molecule has 178 valence electrons. The molecule has 5 rings (SSSR count).